The van der Waals surface area contributed by atoms with Crippen molar-refractivity contribution in [2.24, 2.45) is 0 Å². The molecule has 1 aromatic heterocycles. The van der Waals surface area contributed by atoms with Gasteiger partial charge in [-0.3, -0.25) is 9.59 Å². The Balaban J connectivity index is 2.09. The summed E-state index contributed by atoms with van der Waals surface area (Å²) in [6.07, 6.45) is 0.600. The van der Waals surface area contributed by atoms with Gasteiger partial charge in [0.1, 0.15) is 17.3 Å². The number of anilines is 2. The van der Waals surface area contributed by atoms with Crippen LogP contribution in [0.2, 0.25) is 0 Å². The Kier molecular flexibility index (Phi) is 8.68. The van der Waals surface area contributed by atoms with E-state index in [1.165, 1.54) is 12.1 Å². The molecule has 2 rings (SSSR count). The molecule has 1 aromatic carbocycles. The van der Waals surface area contributed by atoms with Crippen molar-refractivity contribution in [2.75, 3.05) is 38.1 Å². The standard InChI is InChI=1S/C21H30FN7O2/c1-4-29(16(30)12-25-3)10-9-13(2)20-27-18(17(23)19(24)28-20)21(31)26-11-14-5-7-15(22)8-6-14/h5-8,13,25H,4,9-12,23H2,1-3H3,(H,26,31)(H2,24,27,28). The molecule has 31 heavy (non-hydrogen) atoms. The second-order valence-corrected chi connectivity index (χ2v) is 7.23. The Morgan fingerprint density at radius 1 is 1.19 bits per heavy atom. The van der Waals surface area contributed by atoms with Gasteiger partial charge in [0, 0.05) is 25.6 Å². The number of halogens is 1. The zero-order chi connectivity index (χ0) is 23.0. The molecule has 0 saturated carbocycles. The van der Waals surface area contributed by atoms with E-state index < -0.39 is 5.91 Å². The zero-order valence-corrected chi connectivity index (χ0v) is 18.1. The largest absolute Gasteiger partial charge is 0.394 e. The number of benzene rings is 1. The molecule has 9 nitrogen and oxygen atoms in total. The van der Waals surface area contributed by atoms with Crippen LogP contribution < -0.4 is 22.1 Å². The first-order chi connectivity index (χ1) is 14.8. The number of nitrogen functional groups attached to an aromatic ring is 2. The fourth-order valence-electron chi connectivity index (χ4n) is 2.97. The van der Waals surface area contributed by atoms with E-state index in [1.54, 1.807) is 24.1 Å². The summed E-state index contributed by atoms with van der Waals surface area (Å²) in [5.41, 5.74) is 12.6. The summed E-state index contributed by atoms with van der Waals surface area (Å²) < 4.78 is 13.0. The monoisotopic (exact) mass is 431 g/mol. The van der Waals surface area contributed by atoms with Crippen LogP contribution >= 0.6 is 0 Å². The molecule has 0 radical (unpaired) electrons. The van der Waals surface area contributed by atoms with Crippen LogP contribution in [-0.2, 0) is 11.3 Å². The lowest BCUT2D eigenvalue weighted by atomic mass is 10.1. The fraction of sp³-hybridized carbons (Fsp3) is 0.429. The van der Waals surface area contributed by atoms with E-state index >= 15 is 0 Å². The van der Waals surface area contributed by atoms with E-state index in [0.717, 1.165) is 5.56 Å². The maximum absolute atomic E-state index is 13.0. The van der Waals surface area contributed by atoms with Crippen LogP contribution in [0.15, 0.2) is 24.3 Å². The molecule has 0 aliphatic heterocycles. The molecule has 168 valence electrons. The van der Waals surface area contributed by atoms with Gasteiger partial charge in [-0.1, -0.05) is 19.1 Å². The molecule has 0 aliphatic carbocycles. The Morgan fingerprint density at radius 2 is 1.87 bits per heavy atom. The number of nitrogens with zero attached hydrogens (tertiary/aromatic N) is 3. The highest BCUT2D eigenvalue weighted by Gasteiger charge is 2.20. The molecule has 1 unspecified atom stereocenters. The van der Waals surface area contributed by atoms with E-state index in [0.29, 0.717) is 25.3 Å². The Hall–Kier alpha value is -3.27. The highest BCUT2D eigenvalue weighted by atomic mass is 19.1. The van der Waals surface area contributed by atoms with Crippen molar-refractivity contribution in [3.8, 4) is 0 Å². The van der Waals surface area contributed by atoms with Crippen molar-refractivity contribution in [2.45, 2.75) is 32.7 Å². The van der Waals surface area contributed by atoms with E-state index in [4.69, 9.17) is 11.5 Å². The van der Waals surface area contributed by atoms with Gasteiger partial charge < -0.3 is 27.0 Å². The van der Waals surface area contributed by atoms with Crippen LogP contribution in [0.3, 0.4) is 0 Å². The normalized spacial score (nSPS) is 11.7. The quantitative estimate of drug-likeness (QED) is 0.444. The molecule has 6 N–H and O–H groups in total. The maximum atomic E-state index is 13.0. The molecule has 1 atom stereocenters. The molecule has 10 heteroatoms. The molecule has 0 spiro atoms. The van der Waals surface area contributed by atoms with Gasteiger partial charge in [0.15, 0.2) is 11.5 Å². The van der Waals surface area contributed by atoms with Crippen LogP contribution in [0.4, 0.5) is 15.9 Å². The second kappa shape index (κ2) is 11.2. The predicted octanol–water partition coefficient (Wildman–Crippen LogP) is 1.27. The summed E-state index contributed by atoms with van der Waals surface area (Å²) in [5, 5.41) is 5.56. The van der Waals surface area contributed by atoms with E-state index in [1.807, 2.05) is 13.8 Å². The molecule has 1 heterocycles. The lowest BCUT2D eigenvalue weighted by Crippen LogP contribution is -2.38. The van der Waals surface area contributed by atoms with Crippen LogP contribution in [0.1, 0.15) is 48.1 Å². The van der Waals surface area contributed by atoms with E-state index in [-0.39, 0.29) is 47.9 Å². The van der Waals surface area contributed by atoms with Gasteiger partial charge in [0.05, 0.1) is 6.54 Å². The molecule has 2 aromatic rings. The average Bonchev–Trinajstić information content (AvgIpc) is 2.75. The van der Waals surface area contributed by atoms with Crippen molar-refractivity contribution < 1.29 is 14.0 Å². The van der Waals surface area contributed by atoms with Gasteiger partial charge in [0.25, 0.3) is 5.91 Å². The molecule has 0 bridgehead atoms. The number of rotatable bonds is 10. The van der Waals surface area contributed by atoms with Crippen molar-refractivity contribution in [3.63, 3.8) is 0 Å². The number of hydrogen-bond acceptors (Lipinski definition) is 7. The van der Waals surface area contributed by atoms with Gasteiger partial charge in [-0.2, -0.15) is 0 Å². The third kappa shape index (κ3) is 6.61. The second-order valence-electron chi connectivity index (χ2n) is 7.23. The zero-order valence-electron chi connectivity index (χ0n) is 18.1. The highest BCUT2D eigenvalue weighted by molar-refractivity contribution is 5.99. The summed E-state index contributed by atoms with van der Waals surface area (Å²) in [6, 6.07) is 5.80. The minimum absolute atomic E-state index is 0.00457. The third-order valence-electron chi connectivity index (χ3n) is 4.91. The number of likely N-dealkylation sites (N-methyl/N-ethyl adjacent to an activating group) is 2. The maximum Gasteiger partial charge on any atom is 0.272 e. The summed E-state index contributed by atoms with van der Waals surface area (Å²) in [6.45, 7) is 5.40. The molecule has 0 fully saturated rings. The van der Waals surface area contributed by atoms with Gasteiger partial charge in [-0.25, -0.2) is 14.4 Å². The summed E-state index contributed by atoms with van der Waals surface area (Å²) >= 11 is 0. The minimum atomic E-state index is -0.497. The van der Waals surface area contributed by atoms with Gasteiger partial charge in [-0.15, -0.1) is 0 Å². The lowest BCUT2D eigenvalue weighted by Gasteiger charge is -2.22. The van der Waals surface area contributed by atoms with Gasteiger partial charge in [-0.05, 0) is 38.1 Å². The number of hydrogen-bond donors (Lipinski definition) is 4. The van der Waals surface area contributed by atoms with E-state index in [2.05, 4.69) is 20.6 Å². The summed E-state index contributed by atoms with van der Waals surface area (Å²) in [7, 11) is 1.72. The average molecular weight is 432 g/mol. The molecule has 2 amide bonds. The first-order valence-corrected chi connectivity index (χ1v) is 10.1. The van der Waals surface area contributed by atoms with Crippen molar-refractivity contribution in [1.29, 1.82) is 0 Å². The fourth-order valence-corrected chi connectivity index (χ4v) is 2.97. The lowest BCUT2D eigenvalue weighted by molar-refractivity contribution is -0.130. The first-order valence-electron chi connectivity index (χ1n) is 10.1. The topological polar surface area (TPSA) is 139 Å². The smallest absolute Gasteiger partial charge is 0.272 e. The number of nitrogens with one attached hydrogen (secondary N) is 2. The van der Waals surface area contributed by atoms with Crippen molar-refractivity contribution in [1.82, 2.24) is 25.5 Å². The Bertz CT molecular complexity index is 905. The number of nitrogens with two attached hydrogens (primary N) is 2. The summed E-state index contributed by atoms with van der Waals surface area (Å²) in [5.74, 6) is -0.573. The van der Waals surface area contributed by atoms with Crippen LogP contribution in [-0.4, -0.2) is 53.4 Å². The van der Waals surface area contributed by atoms with Crippen LogP contribution in [0, 0.1) is 5.82 Å². The number of carbonyl (C=O) groups excluding carboxylic acids is 2. The van der Waals surface area contributed by atoms with Gasteiger partial charge in [0.2, 0.25) is 5.91 Å². The third-order valence-corrected chi connectivity index (χ3v) is 4.91. The highest BCUT2D eigenvalue weighted by Crippen LogP contribution is 2.22. The molecular formula is C21H30FN7O2. The van der Waals surface area contributed by atoms with Crippen LogP contribution in [0.25, 0.3) is 0 Å². The molecular weight excluding hydrogens is 401 g/mol. The number of carbonyl (C=O) groups is 2. The molecule has 0 saturated heterocycles. The van der Waals surface area contributed by atoms with Crippen molar-refractivity contribution >= 4 is 23.3 Å². The van der Waals surface area contributed by atoms with Crippen molar-refractivity contribution in [3.05, 3.63) is 47.2 Å². The number of aromatic nitrogens is 2. The predicted molar refractivity (Wildman–Crippen MR) is 118 cm³/mol. The minimum Gasteiger partial charge on any atom is -0.394 e. The summed E-state index contributed by atoms with van der Waals surface area (Å²) in [4.78, 5) is 35.0. The molecule has 0 aliphatic rings. The Morgan fingerprint density at radius 3 is 2.48 bits per heavy atom. The Labute approximate surface area is 181 Å². The number of amides is 2. The van der Waals surface area contributed by atoms with Crippen LogP contribution in [0.5, 0.6) is 0 Å². The van der Waals surface area contributed by atoms with Gasteiger partial charge >= 0.3 is 0 Å². The SMILES string of the molecule is CCN(CCC(C)c1nc(N)c(N)c(C(=O)NCc2ccc(F)cc2)n1)C(=O)CNC. The van der Waals surface area contributed by atoms with E-state index in [9.17, 15) is 14.0 Å². The first kappa shape index (κ1) is 24.0.